The maximum absolute atomic E-state index is 9.29. The molecule has 0 atom stereocenters. The van der Waals surface area contributed by atoms with Crippen LogP contribution in [0.25, 0.3) is 10.9 Å². The first-order valence-electron chi connectivity index (χ1n) is 6.74. The average molecular weight is 269 g/mol. The lowest BCUT2D eigenvalue weighted by molar-refractivity contribution is 0.0845. The second-order valence-electron chi connectivity index (χ2n) is 5.01. The monoisotopic (exact) mass is 269 g/mol. The molecule has 0 aliphatic heterocycles. The molecule has 104 valence electrons. The number of hydrogen-bond acceptors (Lipinski definition) is 4. The number of likely N-dealkylation sites (N-methyl/N-ethyl adjacent to an activating group) is 1. The number of fused-ring (bicyclic) bond motifs is 1. The van der Waals surface area contributed by atoms with Crippen molar-refractivity contribution in [1.29, 1.82) is 5.26 Å². The molecular weight excluding hydrogens is 250 g/mol. The molecule has 4 heteroatoms. The fourth-order valence-corrected chi connectivity index (χ4v) is 2.01. The van der Waals surface area contributed by atoms with Crippen molar-refractivity contribution in [3.05, 3.63) is 35.9 Å². The van der Waals surface area contributed by atoms with Crippen LogP contribution in [0.15, 0.2) is 30.3 Å². The normalized spacial score (nSPS) is 10.8. The van der Waals surface area contributed by atoms with Gasteiger partial charge in [-0.15, -0.1) is 0 Å². The Hall–Kier alpha value is -2.12. The van der Waals surface area contributed by atoms with E-state index in [4.69, 9.17) is 4.74 Å². The number of benzene rings is 1. The Labute approximate surface area is 119 Å². The predicted molar refractivity (Wildman–Crippen MR) is 80.8 cm³/mol. The maximum atomic E-state index is 9.29. The highest BCUT2D eigenvalue weighted by Crippen LogP contribution is 2.22. The minimum Gasteiger partial charge on any atom is -0.377 e. The Morgan fingerprint density at radius 1 is 1.35 bits per heavy atom. The fourth-order valence-electron chi connectivity index (χ4n) is 2.01. The smallest absolute Gasteiger partial charge is 0.147 e. The molecule has 0 aliphatic rings. The van der Waals surface area contributed by atoms with Gasteiger partial charge in [0, 0.05) is 19.0 Å². The molecule has 20 heavy (non-hydrogen) atoms. The summed E-state index contributed by atoms with van der Waals surface area (Å²) < 4.78 is 5.54. The van der Waals surface area contributed by atoms with Crippen LogP contribution in [0.4, 0.5) is 5.82 Å². The van der Waals surface area contributed by atoms with Crippen LogP contribution in [0.5, 0.6) is 0 Å². The van der Waals surface area contributed by atoms with Crippen LogP contribution in [0.1, 0.15) is 19.4 Å². The van der Waals surface area contributed by atoms with Gasteiger partial charge in [0.1, 0.15) is 11.9 Å². The van der Waals surface area contributed by atoms with Gasteiger partial charge in [0.2, 0.25) is 0 Å². The Balaban J connectivity index is 2.25. The van der Waals surface area contributed by atoms with Gasteiger partial charge in [0.05, 0.1) is 23.8 Å². The largest absolute Gasteiger partial charge is 0.377 e. The summed E-state index contributed by atoms with van der Waals surface area (Å²) in [7, 11) is 1.93. The molecule has 1 heterocycles. The summed E-state index contributed by atoms with van der Waals surface area (Å²) in [5, 5.41) is 10.3. The third-order valence-corrected chi connectivity index (χ3v) is 3.06. The van der Waals surface area contributed by atoms with E-state index in [1.807, 2.05) is 56.1 Å². The molecule has 0 unspecified atom stereocenters. The summed E-state index contributed by atoms with van der Waals surface area (Å²) in [6, 6.07) is 11.9. The number of anilines is 1. The number of pyridine rings is 1. The average Bonchev–Trinajstić information content (AvgIpc) is 2.45. The number of aromatic nitrogens is 1. The van der Waals surface area contributed by atoms with Crippen LogP contribution in [0.3, 0.4) is 0 Å². The van der Waals surface area contributed by atoms with Crippen molar-refractivity contribution in [2.24, 2.45) is 0 Å². The van der Waals surface area contributed by atoms with Crippen molar-refractivity contribution >= 4 is 16.7 Å². The first kappa shape index (κ1) is 14.3. The van der Waals surface area contributed by atoms with E-state index in [2.05, 4.69) is 11.1 Å². The minimum absolute atomic E-state index is 0.211. The molecule has 0 N–H and O–H groups in total. The Morgan fingerprint density at radius 3 is 2.80 bits per heavy atom. The number of ether oxygens (including phenoxy) is 1. The van der Waals surface area contributed by atoms with E-state index in [1.165, 1.54) is 0 Å². The van der Waals surface area contributed by atoms with E-state index in [9.17, 15) is 5.26 Å². The fraction of sp³-hybridized carbons (Fsp3) is 0.375. The van der Waals surface area contributed by atoms with E-state index >= 15 is 0 Å². The van der Waals surface area contributed by atoms with Crippen molar-refractivity contribution in [2.75, 3.05) is 25.1 Å². The third-order valence-electron chi connectivity index (χ3n) is 3.06. The van der Waals surface area contributed by atoms with Gasteiger partial charge in [-0.2, -0.15) is 5.26 Å². The number of nitriles is 1. The SMILES string of the molecule is CC(C)OCCN(C)c1nc2ccccc2cc1C#N. The molecule has 0 bridgehead atoms. The van der Waals surface area contributed by atoms with Gasteiger partial charge in [-0.25, -0.2) is 4.98 Å². The predicted octanol–water partition coefficient (Wildman–Crippen LogP) is 2.97. The summed E-state index contributed by atoms with van der Waals surface area (Å²) in [5.41, 5.74) is 1.49. The summed E-state index contributed by atoms with van der Waals surface area (Å²) in [6.45, 7) is 5.34. The number of para-hydroxylation sites is 1. The summed E-state index contributed by atoms with van der Waals surface area (Å²) in [5.74, 6) is 0.707. The molecule has 0 saturated heterocycles. The van der Waals surface area contributed by atoms with Crippen LogP contribution < -0.4 is 4.90 Å². The van der Waals surface area contributed by atoms with Crippen molar-refractivity contribution in [3.63, 3.8) is 0 Å². The van der Waals surface area contributed by atoms with Crippen LogP contribution >= 0.6 is 0 Å². The lowest BCUT2D eigenvalue weighted by atomic mass is 10.1. The van der Waals surface area contributed by atoms with Crippen molar-refractivity contribution < 1.29 is 4.74 Å². The van der Waals surface area contributed by atoms with E-state index in [0.29, 0.717) is 24.5 Å². The maximum Gasteiger partial charge on any atom is 0.147 e. The minimum atomic E-state index is 0.211. The van der Waals surface area contributed by atoms with Gasteiger partial charge < -0.3 is 9.64 Å². The summed E-state index contributed by atoms with van der Waals surface area (Å²) in [6.07, 6.45) is 0.211. The van der Waals surface area contributed by atoms with Crippen LogP contribution in [-0.4, -0.2) is 31.3 Å². The molecule has 0 radical (unpaired) electrons. The van der Waals surface area contributed by atoms with Crippen LogP contribution in [0, 0.1) is 11.3 Å². The van der Waals surface area contributed by atoms with Gasteiger partial charge >= 0.3 is 0 Å². The molecular formula is C16H19N3O. The zero-order valence-electron chi connectivity index (χ0n) is 12.1. The first-order chi connectivity index (χ1) is 9.61. The van der Waals surface area contributed by atoms with Crippen molar-refractivity contribution in [3.8, 4) is 6.07 Å². The quantitative estimate of drug-likeness (QED) is 0.837. The Bertz CT molecular complexity index is 631. The molecule has 1 aromatic heterocycles. The zero-order valence-corrected chi connectivity index (χ0v) is 12.1. The third kappa shape index (κ3) is 3.25. The highest BCUT2D eigenvalue weighted by molar-refractivity contribution is 5.82. The molecule has 2 aromatic rings. The van der Waals surface area contributed by atoms with Gasteiger partial charge in [0.15, 0.2) is 0 Å². The second-order valence-corrected chi connectivity index (χ2v) is 5.01. The summed E-state index contributed by atoms with van der Waals surface area (Å²) in [4.78, 5) is 6.56. The molecule has 1 aromatic carbocycles. The van der Waals surface area contributed by atoms with Gasteiger partial charge in [-0.1, -0.05) is 18.2 Å². The van der Waals surface area contributed by atoms with Gasteiger partial charge in [0.25, 0.3) is 0 Å². The molecule has 0 saturated carbocycles. The van der Waals surface area contributed by atoms with E-state index in [1.54, 1.807) is 0 Å². The topological polar surface area (TPSA) is 49.1 Å². The molecule has 0 aliphatic carbocycles. The van der Waals surface area contributed by atoms with E-state index in [0.717, 1.165) is 10.9 Å². The van der Waals surface area contributed by atoms with Crippen molar-refractivity contribution in [2.45, 2.75) is 20.0 Å². The van der Waals surface area contributed by atoms with Crippen LogP contribution in [0.2, 0.25) is 0 Å². The van der Waals surface area contributed by atoms with E-state index < -0.39 is 0 Å². The Kier molecular flexibility index (Phi) is 4.54. The molecule has 4 nitrogen and oxygen atoms in total. The highest BCUT2D eigenvalue weighted by Gasteiger charge is 2.11. The number of nitrogens with zero attached hydrogens (tertiary/aromatic N) is 3. The highest BCUT2D eigenvalue weighted by atomic mass is 16.5. The molecule has 0 fully saturated rings. The Morgan fingerprint density at radius 2 is 2.10 bits per heavy atom. The lowest BCUT2D eigenvalue weighted by Crippen LogP contribution is -2.25. The first-order valence-corrected chi connectivity index (χ1v) is 6.74. The lowest BCUT2D eigenvalue weighted by Gasteiger charge is -2.20. The van der Waals surface area contributed by atoms with Gasteiger partial charge in [-0.05, 0) is 26.0 Å². The van der Waals surface area contributed by atoms with E-state index in [-0.39, 0.29) is 6.10 Å². The zero-order chi connectivity index (χ0) is 14.5. The van der Waals surface area contributed by atoms with Crippen LogP contribution in [-0.2, 0) is 4.74 Å². The van der Waals surface area contributed by atoms with Crippen molar-refractivity contribution in [1.82, 2.24) is 4.98 Å². The molecule has 0 spiro atoms. The number of rotatable bonds is 5. The number of hydrogen-bond donors (Lipinski definition) is 0. The standard InChI is InChI=1S/C16H19N3O/c1-12(2)20-9-8-19(3)16-14(11-17)10-13-6-4-5-7-15(13)18-16/h4-7,10,12H,8-9H2,1-3H3. The molecule has 2 rings (SSSR count). The second kappa shape index (κ2) is 6.36. The van der Waals surface area contributed by atoms with Gasteiger partial charge in [-0.3, -0.25) is 0 Å². The summed E-state index contributed by atoms with van der Waals surface area (Å²) >= 11 is 0. The molecule has 0 amide bonds.